The van der Waals surface area contributed by atoms with Gasteiger partial charge in [0.05, 0.1) is 23.9 Å². The molecule has 1 saturated heterocycles. The Balaban J connectivity index is 1.73. The fraction of sp³-hybridized carbons (Fsp3) is 0.769. The van der Waals surface area contributed by atoms with Crippen LogP contribution in [0.5, 0.6) is 0 Å². The highest BCUT2D eigenvalue weighted by Crippen LogP contribution is 2.28. The van der Waals surface area contributed by atoms with Gasteiger partial charge in [-0.1, -0.05) is 0 Å². The second-order valence-corrected chi connectivity index (χ2v) is 5.42. The van der Waals surface area contributed by atoms with E-state index in [1.54, 1.807) is 0 Å². The Morgan fingerprint density at radius 3 is 2.71 bits per heavy atom. The number of nitrogens with one attached hydrogen (secondary N) is 1. The Hall–Kier alpha value is -0.870. The van der Waals surface area contributed by atoms with Gasteiger partial charge in [-0.05, 0) is 40.5 Å². The molecule has 1 atom stereocenters. The van der Waals surface area contributed by atoms with Crippen molar-refractivity contribution in [2.45, 2.75) is 58.8 Å². The summed E-state index contributed by atoms with van der Waals surface area (Å²) < 4.78 is 11.4. The SMILES string of the molecule is Cc1nc(CNCC2CCC(C)(C)O2)oc1C. The number of hydrogen-bond donors (Lipinski definition) is 1. The smallest absolute Gasteiger partial charge is 0.208 e. The van der Waals surface area contributed by atoms with Crippen molar-refractivity contribution in [2.24, 2.45) is 0 Å². The van der Waals surface area contributed by atoms with Crippen LogP contribution in [0.2, 0.25) is 0 Å². The molecule has 1 aromatic heterocycles. The zero-order valence-corrected chi connectivity index (χ0v) is 11.2. The van der Waals surface area contributed by atoms with Crippen molar-refractivity contribution in [3.05, 3.63) is 17.3 Å². The number of hydrogen-bond acceptors (Lipinski definition) is 4. The summed E-state index contributed by atoms with van der Waals surface area (Å²) in [5, 5.41) is 3.34. The lowest BCUT2D eigenvalue weighted by Crippen LogP contribution is -2.29. The Labute approximate surface area is 103 Å². The first-order chi connectivity index (χ1) is 7.96. The first-order valence-electron chi connectivity index (χ1n) is 6.28. The highest BCUT2D eigenvalue weighted by Gasteiger charge is 2.31. The molecule has 0 aromatic carbocycles. The largest absolute Gasteiger partial charge is 0.444 e. The van der Waals surface area contributed by atoms with Crippen molar-refractivity contribution in [2.75, 3.05) is 6.54 Å². The number of oxazole rings is 1. The second kappa shape index (κ2) is 4.78. The Bertz CT molecular complexity index is 365. The fourth-order valence-electron chi connectivity index (χ4n) is 2.18. The molecule has 1 unspecified atom stereocenters. The molecule has 0 saturated carbocycles. The van der Waals surface area contributed by atoms with Crippen LogP contribution in [0, 0.1) is 13.8 Å². The molecule has 0 spiro atoms. The van der Waals surface area contributed by atoms with E-state index in [4.69, 9.17) is 9.15 Å². The van der Waals surface area contributed by atoms with Gasteiger partial charge in [0.1, 0.15) is 5.76 Å². The molecule has 2 rings (SSSR count). The van der Waals surface area contributed by atoms with Crippen LogP contribution in [-0.2, 0) is 11.3 Å². The molecule has 0 aliphatic carbocycles. The van der Waals surface area contributed by atoms with E-state index in [0.29, 0.717) is 12.6 Å². The van der Waals surface area contributed by atoms with E-state index in [9.17, 15) is 0 Å². The molecular weight excluding hydrogens is 216 g/mol. The van der Waals surface area contributed by atoms with Crippen molar-refractivity contribution >= 4 is 0 Å². The van der Waals surface area contributed by atoms with E-state index in [0.717, 1.165) is 36.7 Å². The highest BCUT2D eigenvalue weighted by atomic mass is 16.5. The zero-order chi connectivity index (χ0) is 12.5. The zero-order valence-electron chi connectivity index (χ0n) is 11.2. The van der Waals surface area contributed by atoms with Gasteiger partial charge in [0.15, 0.2) is 0 Å². The molecular formula is C13H22N2O2. The van der Waals surface area contributed by atoms with E-state index < -0.39 is 0 Å². The molecule has 1 aromatic rings. The summed E-state index contributed by atoms with van der Waals surface area (Å²) in [5.74, 6) is 1.66. The average Bonchev–Trinajstić information content (AvgIpc) is 2.72. The highest BCUT2D eigenvalue weighted by molar-refractivity contribution is 5.05. The molecule has 1 aliphatic rings. The third kappa shape index (κ3) is 3.30. The lowest BCUT2D eigenvalue weighted by Gasteiger charge is -2.19. The summed E-state index contributed by atoms with van der Waals surface area (Å²) in [6.07, 6.45) is 2.59. The van der Waals surface area contributed by atoms with Crippen LogP contribution in [0.15, 0.2) is 4.42 Å². The number of nitrogens with zero attached hydrogens (tertiary/aromatic N) is 1. The summed E-state index contributed by atoms with van der Waals surface area (Å²) in [6, 6.07) is 0. The van der Waals surface area contributed by atoms with Gasteiger partial charge in [0, 0.05) is 6.54 Å². The summed E-state index contributed by atoms with van der Waals surface area (Å²) >= 11 is 0. The molecule has 1 fully saturated rings. The molecule has 4 heteroatoms. The molecule has 96 valence electrons. The average molecular weight is 238 g/mol. The van der Waals surface area contributed by atoms with E-state index in [1.165, 1.54) is 0 Å². The molecule has 1 N–H and O–H groups in total. The number of aryl methyl sites for hydroxylation is 2. The maximum absolute atomic E-state index is 5.90. The normalized spacial score (nSPS) is 23.2. The maximum atomic E-state index is 5.90. The van der Waals surface area contributed by atoms with Crippen molar-refractivity contribution in [1.82, 2.24) is 10.3 Å². The van der Waals surface area contributed by atoms with Crippen LogP contribution in [0.3, 0.4) is 0 Å². The third-order valence-corrected chi connectivity index (χ3v) is 3.28. The lowest BCUT2D eigenvalue weighted by atomic mass is 10.1. The van der Waals surface area contributed by atoms with Gasteiger partial charge >= 0.3 is 0 Å². The maximum Gasteiger partial charge on any atom is 0.208 e. The van der Waals surface area contributed by atoms with Crippen LogP contribution >= 0.6 is 0 Å². The van der Waals surface area contributed by atoms with Crippen molar-refractivity contribution in [3.63, 3.8) is 0 Å². The lowest BCUT2D eigenvalue weighted by molar-refractivity contribution is -0.0144. The Kier molecular flexibility index (Phi) is 3.54. The minimum atomic E-state index is 0.0441. The van der Waals surface area contributed by atoms with E-state index in [1.807, 2.05) is 13.8 Å². The van der Waals surface area contributed by atoms with Crippen LogP contribution in [0.1, 0.15) is 44.0 Å². The number of ether oxygens (including phenoxy) is 1. The van der Waals surface area contributed by atoms with Gasteiger partial charge in [0.25, 0.3) is 0 Å². The minimum absolute atomic E-state index is 0.0441. The van der Waals surface area contributed by atoms with Crippen molar-refractivity contribution < 1.29 is 9.15 Å². The molecule has 0 radical (unpaired) electrons. The first-order valence-corrected chi connectivity index (χ1v) is 6.28. The summed E-state index contributed by atoms with van der Waals surface area (Å²) in [6.45, 7) is 9.74. The fourth-order valence-corrected chi connectivity index (χ4v) is 2.18. The summed E-state index contributed by atoms with van der Waals surface area (Å²) in [5.41, 5.74) is 1.02. The number of aromatic nitrogens is 1. The predicted molar refractivity (Wildman–Crippen MR) is 65.9 cm³/mol. The van der Waals surface area contributed by atoms with Crippen LogP contribution < -0.4 is 5.32 Å². The van der Waals surface area contributed by atoms with Gasteiger partial charge in [-0.25, -0.2) is 4.98 Å². The Morgan fingerprint density at radius 2 is 2.18 bits per heavy atom. The van der Waals surface area contributed by atoms with Gasteiger partial charge < -0.3 is 14.5 Å². The van der Waals surface area contributed by atoms with Crippen molar-refractivity contribution in [1.29, 1.82) is 0 Å². The van der Waals surface area contributed by atoms with Crippen LogP contribution in [0.25, 0.3) is 0 Å². The molecule has 1 aliphatic heterocycles. The quantitative estimate of drug-likeness (QED) is 0.874. The molecule has 0 amide bonds. The topological polar surface area (TPSA) is 47.3 Å². The third-order valence-electron chi connectivity index (χ3n) is 3.28. The van der Waals surface area contributed by atoms with E-state index in [2.05, 4.69) is 24.1 Å². The van der Waals surface area contributed by atoms with Gasteiger partial charge in [0.2, 0.25) is 5.89 Å². The molecule has 4 nitrogen and oxygen atoms in total. The first kappa shape index (κ1) is 12.6. The van der Waals surface area contributed by atoms with Gasteiger partial charge in [-0.15, -0.1) is 0 Å². The van der Waals surface area contributed by atoms with Crippen LogP contribution in [0.4, 0.5) is 0 Å². The molecule has 2 heterocycles. The van der Waals surface area contributed by atoms with Crippen molar-refractivity contribution in [3.8, 4) is 0 Å². The van der Waals surface area contributed by atoms with E-state index >= 15 is 0 Å². The standard InChI is InChI=1S/C13H22N2O2/c1-9-10(2)16-12(15-9)8-14-7-11-5-6-13(3,4)17-11/h11,14H,5-8H2,1-4H3. The minimum Gasteiger partial charge on any atom is -0.444 e. The monoisotopic (exact) mass is 238 g/mol. The van der Waals surface area contributed by atoms with Gasteiger partial charge in [-0.3, -0.25) is 0 Å². The van der Waals surface area contributed by atoms with E-state index in [-0.39, 0.29) is 5.60 Å². The number of rotatable bonds is 4. The Morgan fingerprint density at radius 1 is 1.41 bits per heavy atom. The van der Waals surface area contributed by atoms with Gasteiger partial charge in [-0.2, -0.15) is 0 Å². The molecule has 0 bridgehead atoms. The molecule has 17 heavy (non-hydrogen) atoms. The predicted octanol–water partition coefficient (Wildman–Crippen LogP) is 2.34. The second-order valence-electron chi connectivity index (χ2n) is 5.42. The van der Waals surface area contributed by atoms with Crippen LogP contribution in [-0.4, -0.2) is 23.2 Å². The summed E-state index contributed by atoms with van der Waals surface area (Å²) in [7, 11) is 0. The summed E-state index contributed by atoms with van der Waals surface area (Å²) in [4.78, 5) is 4.33.